The molecule has 3 N–H and O–H groups in total. The SMILES string of the molecule is Cc1cccc(OCCNc2ccnc(C(N)=O)c2)c1. The highest BCUT2D eigenvalue weighted by atomic mass is 16.5. The zero-order chi connectivity index (χ0) is 14.4. The van der Waals surface area contributed by atoms with Crippen LogP contribution in [-0.2, 0) is 0 Å². The standard InChI is InChI=1S/C15H17N3O2/c1-11-3-2-4-13(9-11)20-8-7-17-12-5-6-18-14(10-12)15(16)19/h2-6,9-10H,7-8H2,1H3,(H2,16,19)(H,17,18). The Morgan fingerprint density at radius 1 is 1.35 bits per heavy atom. The second-order valence-electron chi connectivity index (χ2n) is 4.39. The second kappa shape index (κ2) is 6.56. The third-order valence-electron chi connectivity index (χ3n) is 2.70. The topological polar surface area (TPSA) is 77.2 Å². The van der Waals surface area contributed by atoms with E-state index in [9.17, 15) is 4.79 Å². The fraction of sp³-hybridized carbons (Fsp3) is 0.200. The van der Waals surface area contributed by atoms with Crippen LogP contribution >= 0.6 is 0 Å². The van der Waals surface area contributed by atoms with Crippen molar-refractivity contribution in [2.45, 2.75) is 6.92 Å². The van der Waals surface area contributed by atoms with Gasteiger partial charge in [0.2, 0.25) is 0 Å². The summed E-state index contributed by atoms with van der Waals surface area (Å²) < 4.78 is 5.62. The number of aromatic nitrogens is 1. The summed E-state index contributed by atoms with van der Waals surface area (Å²) in [6.07, 6.45) is 1.55. The van der Waals surface area contributed by atoms with E-state index in [1.165, 1.54) is 0 Å². The first-order chi connectivity index (χ1) is 9.65. The van der Waals surface area contributed by atoms with E-state index in [2.05, 4.69) is 10.3 Å². The van der Waals surface area contributed by atoms with Crippen LogP contribution < -0.4 is 15.8 Å². The highest BCUT2D eigenvalue weighted by molar-refractivity contribution is 5.91. The summed E-state index contributed by atoms with van der Waals surface area (Å²) in [5.74, 6) is 0.309. The van der Waals surface area contributed by atoms with E-state index in [1.54, 1.807) is 18.3 Å². The molecule has 1 heterocycles. The van der Waals surface area contributed by atoms with Gasteiger partial charge in [-0.1, -0.05) is 12.1 Å². The van der Waals surface area contributed by atoms with Crippen molar-refractivity contribution in [1.29, 1.82) is 0 Å². The normalized spacial score (nSPS) is 10.1. The summed E-state index contributed by atoms with van der Waals surface area (Å²) in [5.41, 5.74) is 7.37. The van der Waals surface area contributed by atoms with Gasteiger partial charge in [0.25, 0.3) is 5.91 Å². The van der Waals surface area contributed by atoms with Crippen molar-refractivity contribution in [3.63, 3.8) is 0 Å². The molecule has 0 saturated carbocycles. The van der Waals surface area contributed by atoms with Gasteiger partial charge in [-0.25, -0.2) is 0 Å². The Bertz CT molecular complexity index is 599. The molecule has 0 spiro atoms. The zero-order valence-corrected chi connectivity index (χ0v) is 11.3. The number of carbonyl (C=O) groups excluding carboxylic acids is 1. The number of nitrogens with one attached hydrogen (secondary N) is 1. The molecule has 20 heavy (non-hydrogen) atoms. The van der Waals surface area contributed by atoms with Crippen LogP contribution in [0.2, 0.25) is 0 Å². The predicted molar refractivity (Wildman–Crippen MR) is 77.9 cm³/mol. The molecule has 5 heteroatoms. The van der Waals surface area contributed by atoms with Crippen LogP contribution in [0.1, 0.15) is 16.1 Å². The van der Waals surface area contributed by atoms with E-state index in [0.29, 0.717) is 13.2 Å². The minimum absolute atomic E-state index is 0.245. The third-order valence-corrected chi connectivity index (χ3v) is 2.70. The Labute approximate surface area is 117 Å². The molecule has 1 aromatic heterocycles. The third kappa shape index (κ3) is 3.98. The van der Waals surface area contributed by atoms with Gasteiger partial charge in [-0.05, 0) is 36.8 Å². The highest BCUT2D eigenvalue weighted by Gasteiger charge is 2.02. The Hall–Kier alpha value is -2.56. The van der Waals surface area contributed by atoms with Crippen molar-refractivity contribution in [1.82, 2.24) is 4.98 Å². The van der Waals surface area contributed by atoms with Gasteiger partial charge in [0.1, 0.15) is 18.1 Å². The maximum absolute atomic E-state index is 11.0. The quantitative estimate of drug-likeness (QED) is 0.788. The van der Waals surface area contributed by atoms with Gasteiger partial charge in [-0.15, -0.1) is 0 Å². The lowest BCUT2D eigenvalue weighted by atomic mass is 10.2. The smallest absolute Gasteiger partial charge is 0.267 e. The van der Waals surface area contributed by atoms with Crippen LogP contribution in [0.3, 0.4) is 0 Å². The zero-order valence-electron chi connectivity index (χ0n) is 11.3. The molecule has 1 aromatic carbocycles. The predicted octanol–water partition coefficient (Wildman–Crippen LogP) is 1.98. The number of hydrogen-bond acceptors (Lipinski definition) is 4. The lowest BCUT2D eigenvalue weighted by molar-refractivity contribution is 0.0995. The first-order valence-corrected chi connectivity index (χ1v) is 6.34. The Kier molecular flexibility index (Phi) is 4.55. The van der Waals surface area contributed by atoms with Gasteiger partial charge < -0.3 is 15.8 Å². The minimum Gasteiger partial charge on any atom is -0.492 e. The number of amides is 1. The lowest BCUT2D eigenvalue weighted by Gasteiger charge is -2.09. The van der Waals surface area contributed by atoms with E-state index in [4.69, 9.17) is 10.5 Å². The number of benzene rings is 1. The fourth-order valence-electron chi connectivity index (χ4n) is 1.74. The number of carbonyl (C=O) groups is 1. The summed E-state index contributed by atoms with van der Waals surface area (Å²) >= 11 is 0. The van der Waals surface area contributed by atoms with Gasteiger partial charge in [0.15, 0.2) is 0 Å². The fourth-order valence-corrected chi connectivity index (χ4v) is 1.74. The summed E-state index contributed by atoms with van der Waals surface area (Å²) in [6, 6.07) is 11.3. The minimum atomic E-state index is -0.537. The summed E-state index contributed by atoms with van der Waals surface area (Å²) in [5, 5.41) is 3.15. The maximum atomic E-state index is 11.0. The van der Waals surface area contributed by atoms with Crippen LogP contribution in [0.4, 0.5) is 5.69 Å². The molecule has 0 saturated heterocycles. The van der Waals surface area contributed by atoms with Gasteiger partial charge in [0, 0.05) is 18.4 Å². The second-order valence-corrected chi connectivity index (χ2v) is 4.39. The highest BCUT2D eigenvalue weighted by Crippen LogP contribution is 2.12. The number of anilines is 1. The van der Waals surface area contributed by atoms with Crippen LogP contribution in [0.15, 0.2) is 42.6 Å². The molecule has 0 atom stereocenters. The van der Waals surface area contributed by atoms with Crippen molar-refractivity contribution >= 4 is 11.6 Å². The molecule has 0 aliphatic carbocycles. The van der Waals surface area contributed by atoms with Crippen molar-refractivity contribution in [3.8, 4) is 5.75 Å². The maximum Gasteiger partial charge on any atom is 0.267 e. The largest absolute Gasteiger partial charge is 0.492 e. The summed E-state index contributed by atoms with van der Waals surface area (Å²) in [7, 11) is 0. The summed E-state index contributed by atoms with van der Waals surface area (Å²) in [4.78, 5) is 14.9. The lowest BCUT2D eigenvalue weighted by Crippen LogP contribution is -2.15. The van der Waals surface area contributed by atoms with Gasteiger partial charge in [-0.2, -0.15) is 0 Å². The van der Waals surface area contributed by atoms with Crippen molar-refractivity contribution in [2.24, 2.45) is 5.73 Å². The molecule has 2 rings (SSSR count). The molecule has 0 aliphatic rings. The van der Waals surface area contributed by atoms with Gasteiger partial charge >= 0.3 is 0 Å². The molecule has 2 aromatic rings. The number of hydrogen-bond donors (Lipinski definition) is 2. The average Bonchev–Trinajstić information content (AvgIpc) is 2.44. The molecular weight excluding hydrogens is 254 g/mol. The number of nitrogens with two attached hydrogens (primary N) is 1. The number of pyridine rings is 1. The summed E-state index contributed by atoms with van der Waals surface area (Å²) in [6.45, 7) is 3.17. The molecular formula is C15H17N3O2. The van der Waals surface area contributed by atoms with Crippen LogP contribution in [0.5, 0.6) is 5.75 Å². The first kappa shape index (κ1) is 13.9. The number of nitrogens with zero attached hydrogens (tertiary/aromatic N) is 1. The molecule has 104 valence electrons. The van der Waals surface area contributed by atoms with Crippen LogP contribution in [-0.4, -0.2) is 24.0 Å². The molecule has 0 aliphatic heterocycles. The molecule has 0 fully saturated rings. The van der Waals surface area contributed by atoms with Crippen LogP contribution in [0.25, 0.3) is 0 Å². The Balaban J connectivity index is 1.81. The molecule has 0 bridgehead atoms. The van der Waals surface area contributed by atoms with Crippen molar-refractivity contribution in [2.75, 3.05) is 18.5 Å². The Morgan fingerprint density at radius 2 is 2.20 bits per heavy atom. The van der Waals surface area contributed by atoms with E-state index in [0.717, 1.165) is 17.0 Å². The number of rotatable bonds is 6. The number of aryl methyl sites for hydroxylation is 1. The van der Waals surface area contributed by atoms with Crippen molar-refractivity contribution < 1.29 is 9.53 Å². The van der Waals surface area contributed by atoms with E-state index in [1.807, 2.05) is 31.2 Å². The average molecular weight is 271 g/mol. The molecule has 1 amide bonds. The van der Waals surface area contributed by atoms with Gasteiger partial charge in [-0.3, -0.25) is 9.78 Å². The van der Waals surface area contributed by atoms with Gasteiger partial charge in [0.05, 0.1) is 0 Å². The van der Waals surface area contributed by atoms with E-state index < -0.39 is 5.91 Å². The van der Waals surface area contributed by atoms with Crippen LogP contribution in [0, 0.1) is 6.92 Å². The van der Waals surface area contributed by atoms with E-state index >= 15 is 0 Å². The van der Waals surface area contributed by atoms with Crippen molar-refractivity contribution in [3.05, 3.63) is 53.9 Å². The van der Waals surface area contributed by atoms with E-state index in [-0.39, 0.29) is 5.69 Å². The number of primary amides is 1. The monoisotopic (exact) mass is 271 g/mol. The molecule has 5 nitrogen and oxygen atoms in total. The molecule has 0 unspecified atom stereocenters. The molecule has 0 radical (unpaired) electrons. The Morgan fingerprint density at radius 3 is 2.95 bits per heavy atom. The number of ether oxygens (including phenoxy) is 1. The first-order valence-electron chi connectivity index (χ1n) is 6.34.